The van der Waals surface area contributed by atoms with Gasteiger partial charge in [0.15, 0.2) is 0 Å². The number of esters is 1. The molecule has 0 amide bonds. The number of carbonyl (C=O) groups excluding carboxylic acids is 2. The van der Waals surface area contributed by atoms with Crippen molar-refractivity contribution in [3.8, 4) is 0 Å². The van der Waals surface area contributed by atoms with Gasteiger partial charge in [-0.3, -0.25) is 9.59 Å². The monoisotopic (exact) mass is 212 g/mol. The zero-order chi connectivity index (χ0) is 10.6. The van der Waals surface area contributed by atoms with Crippen LogP contribution in [0.2, 0.25) is 5.02 Å². The second-order valence-corrected chi connectivity index (χ2v) is 3.15. The van der Waals surface area contributed by atoms with Crippen LogP contribution in [0, 0.1) is 0 Å². The Balaban J connectivity index is 2.96. The Bertz CT molecular complexity index is 360. The van der Waals surface area contributed by atoms with Gasteiger partial charge in [0.05, 0.1) is 13.5 Å². The zero-order valence-electron chi connectivity index (χ0n) is 7.62. The summed E-state index contributed by atoms with van der Waals surface area (Å²) in [5.41, 5.74) is 1.04. The number of halogens is 1. The number of aldehydes is 1. The van der Waals surface area contributed by atoms with E-state index in [9.17, 15) is 9.59 Å². The molecule has 3 nitrogen and oxygen atoms in total. The van der Waals surface area contributed by atoms with Gasteiger partial charge in [0.1, 0.15) is 6.29 Å². The van der Waals surface area contributed by atoms with E-state index in [2.05, 4.69) is 4.74 Å². The van der Waals surface area contributed by atoms with Crippen LogP contribution >= 0.6 is 11.6 Å². The van der Waals surface area contributed by atoms with Crippen molar-refractivity contribution in [3.63, 3.8) is 0 Å². The Morgan fingerprint density at radius 1 is 1.57 bits per heavy atom. The van der Waals surface area contributed by atoms with Gasteiger partial charge in [-0.1, -0.05) is 17.7 Å². The Labute approximate surface area is 86.6 Å². The maximum atomic E-state index is 11.0. The van der Waals surface area contributed by atoms with Crippen molar-refractivity contribution < 1.29 is 14.3 Å². The SMILES string of the molecule is COC(=O)Cc1ccc(Cl)cc1C=O. The summed E-state index contributed by atoms with van der Waals surface area (Å²) in [6, 6.07) is 4.79. The third-order valence-corrected chi connectivity index (χ3v) is 2.03. The Morgan fingerprint density at radius 3 is 2.86 bits per heavy atom. The molecule has 0 aromatic heterocycles. The minimum absolute atomic E-state index is 0.0851. The molecule has 0 heterocycles. The maximum absolute atomic E-state index is 11.0. The molecule has 0 atom stereocenters. The van der Waals surface area contributed by atoms with Gasteiger partial charge < -0.3 is 4.74 Å². The normalized spacial score (nSPS) is 9.57. The lowest BCUT2D eigenvalue weighted by Gasteiger charge is -2.03. The second-order valence-electron chi connectivity index (χ2n) is 2.71. The van der Waals surface area contributed by atoms with Crippen LogP contribution in [0.3, 0.4) is 0 Å². The van der Waals surface area contributed by atoms with Crippen molar-refractivity contribution in [2.75, 3.05) is 7.11 Å². The summed E-state index contributed by atoms with van der Waals surface area (Å²) in [6.07, 6.45) is 0.756. The molecular formula is C10H9ClO3. The Morgan fingerprint density at radius 2 is 2.29 bits per heavy atom. The number of hydrogen-bond donors (Lipinski definition) is 0. The fraction of sp³-hybridized carbons (Fsp3) is 0.200. The minimum atomic E-state index is -0.379. The first kappa shape index (κ1) is 10.7. The quantitative estimate of drug-likeness (QED) is 0.568. The average Bonchev–Trinajstić information content (AvgIpc) is 2.20. The molecule has 0 unspecified atom stereocenters. The first-order chi connectivity index (χ1) is 6.67. The van der Waals surface area contributed by atoms with Gasteiger partial charge in [-0.05, 0) is 17.7 Å². The molecule has 0 saturated carbocycles. The number of benzene rings is 1. The van der Waals surface area contributed by atoms with Crippen molar-refractivity contribution in [1.82, 2.24) is 0 Å². The molecule has 0 fully saturated rings. The molecule has 0 spiro atoms. The molecule has 14 heavy (non-hydrogen) atoms. The molecule has 0 saturated heterocycles. The molecule has 0 radical (unpaired) electrons. The molecule has 4 heteroatoms. The topological polar surface area (TPSA) is 43.4 Å². The number of hydrogen-bond acceptors (Lipinski definition) is 3. The molecule has 0 bridgehead atoms. The number of carbonyl (C=O) groups is 2. The van der Waals surface area contributed by atoms with Crippen LogP contribution < -0.4 is 0 Å². The third kappa shape index (κ3) is 2.57. The van der Waals surface area contributed by atoms with E-state index < -0.39 is 0 Å². The standard InChI is InChI=1S/C10H9ClO3/c1-14-10(13)5-7-2-3-9(11)4-8(7)6-12/h2-4,6H,5H2,1H3. The summed E-state index contributed by atoms with van der Waals surface area (Å²) in [7, 11) is 1.30. The van der Waals surface area contributed by atoms with Gasteiger partial charge in [0, 0.05) is 10.6 Å². The lowest BCUT2D eigenvalue weighted by Crippen LogP contribution is -2.06. The molecule has 0 N–H and O–H groups in total. The van der Waals surface area contributed by atoms with Crippen molar-refractivity contribution in [2.24, 2.45) is 0 Å². The number of ether oxygens (including phenoxy) is 1. The number of rotatable bonds is 3. The van der Waals surface area contributed by atoms with Crippen LogP contribution in [-0.4, -0.2) is 19.4 Å². The van der Waals surface area contributed by atoms with Crippen LogP contribution in [0.4, 0.5) is 0 Å². The highest BCUT2D eigenvalue weighted by molar-refractivity contribution is 6.30. The van der Waals surface area contributed by atoms with Crippen LogP contribution in [0.25, 0.3) is 0 Å². The summed E-state index contributed by atoms with van der Waals surface area (Å²) < 4.78 is 4.50. The molecule has 1 aromatic rings. The lowest BCUT2D eigenvalue weighted by molar-refractivity contribution is -0.139. The van der Waals surface area contributed by atoms with Gasteiger partial charge >= 0.3 is 5.97 Å². The highest BCUT2D eigenvalue weighted by atomic mass is 35.5. The maximum Gasteiger partial charge on any atom is 0.310 e. The minimum Gasteiger partial charge on any atom is -0.469 e. The van der Waals surface area contributed by atoms with E-state index >= 15 is 0 Å². The van der Waals surface area contributed by atoms with Gasteiger partial charge in [0.2, 0.25) is 0 Å². The molecule has 1 aromatic carbocycles. The highest BCUT2D eigenvalue weighted by Gasteiger charge is 2.07. The van der Waals surface area contributed by atoms with Gasteiger partial charge in [0.25, 0.3) is 0 Å². The first-order valence-electron chi connectivity index (χ1n) is 3.97. The van der Waals surface area contributed by atoms with Crippen LogP contribution in [0.5, 0.6) is 0 Å². The zero-order valence-corrected chi connectivity index (χ0v) is 8.38. The first-order valence-corrected chi connectivity index (χ1v) is 4.35. The van der Waals surface area contributed by atoms with Gasteiger partial charge in [-0.2, -0.15) is 0 Å². The Kier molecular flexibility index (Phi) is 3.65. The van der Waals surface area contributed by atoms with Crippen LogP contribution in [0.15, 0.2) is 18.2 Å². The van der Waals surface area contributed by atoms with Crippen LogP contribution in [-0.2, 0) is 16.0 Å². The van der Waals surface area contributed by atoms with E-state index in [0.717, 1.165) is 0 Å². The predicted octanol–water partition coefficient (Wildman–Crippen LogP) is 1.87. The lowest BCUT2D eigenvalue weighted by atomic mass is 10.1. The molecule has 1 rings (SSSR count). The van der Waals surface area contributed by atoms with Crippen molar-refractivity contribution >= 4 is 23.9 Å². The van der Waals surface area contributed by atoms with Gasteiger partial charge in [-0.15, -0.1) is 0 Å². The summed E-state index contributed by atoms with van der Waals surface area (Å²) in [6.45, 7) is 0. The fourth-order valence-electron chi connectivity index (χ4n) is 1.06. The van der Waals surface area contributed by atoms with E-state index in [1.165, 1.54) is 13.2 Å². The Hall–Kier alpha value is -1.35. The molecule has 0 aliphatic rings. The molecule has 0 aliphatic carbocycles. The van der Waals surface area contributed by atoms with Crippen molar-refractivity contribution in [1.29, 1.82) is 0 Å². The van der Waals surface area contributed by atoms with Crippen LogP contribution in [0.1, 0.15) is 15.9 Å². The second kappa shape index (κ2) is 4.77. The summed E-state index contributed by atoms with van der Waals surface area (Å²) in [5, 5.41) is 0.473. The van der Waals surface area contributed by atoms with Crippen molar-refractivity contribution in [2.45, 2.75) is 6.42 Å². The summed E-state index contributed by atoms with van der Waals surface area (Å²) in [4.78, 5) is 21.6. The molecular weight excluding hydrogens is 204 g/mol. The predicted molar refractivity (Wildman–Crippen MR) is 52.6 cm³/mol. The van der Waals surface area contributed by atoms with Crippen molar-refractivity contribution in [3.05, 3.63) is 34.3 Å². The van der Waals surface area contributed by atoms with E-state index in [0.29, 0.717) is 22.4 Å². The average molecular weight is 213 g/mol. The molecule has 0 aliphatic heterocycles. The smallest absolute Gasteiger partial charge is 0.310 e. The van der Waals surface area contributed by atoms with E-state index in [1.807, 2.05) is 0 Å². The van der Waals surface area contributed by atoms with E-state index in [-0.39, 0.29) is 12.4 Å². The van der Waals surface area contributed by atoms with E-state index in [1.54, 1.807) is 12.1 Å². The number of methoxy groups -OCH3 is 1. The summed E-state index contributed by atoms with van der Waals surface area (Å²) in [5.74, 6) is -0.379. The third-order valence-electron chi connectivity index (χ3n) is 1.80. The van der Waals surface area contributed by atoms with E-state index in [4.69, 9.17) is 11.6 Å². The summed E-state index contributed by atoms with van der Waals surface area (Å²) >= 11 is 5.69. The fourth-order valence-corrected chi connectivity index (χ4v) is 1.24. The molecule has 74 valence electrons. The van der Waals surface area contributed by atoms with Gasteiger partial charge in [-0.25, -0.2) is 0 Å². The largest absolute Gasteiger partial charge is 0.469 e. The highest BCUT2D eigenvalue weighted by Crippen LogP contribution is 2.15.